The number of hydrogen-bond acceptors (Lipinski definition) is 5. The number of halogens is 3. The monoisotopic (exact) mass is 418 g/mol. The quantitative estimate of drug-likeness (QED) is 0.529. The van der Waals surface area contributed by atoms with E-state index in [1.54, 1.807) is 36.7 Å². The largest absolute Gasteiger partial charge is 0.449 e. The highest BCUT2D eigenvalue weighted by molar-refractivity contribution is 5.81. The van der Waals surface area contributed by atoms with Gasteiger partial charge in [0, 0.05) is 36.2 Å². The van der Waals surface area contributed by atoms with Crippen LogP contribution >= 0.6 is 0 Å². The van der Waals surface area contributed by atoms with Gasteiger partial charge in [-0.25, -0.2) is 13.8 Å². The number of alkyl halides is 3. The topological polar surface area (TPSA) is 76.2 Å². The highest BCUT2D eigenvalue weighted by Gasteiger charge is 2.27. The first kappa shape index (κ1) is 21.7. The second-order valence-electron chi connectivity index (χ2n) is 6.92. The van der Waals surface area contributed by atoms with Crippen molar-refractivity contribution in [2.45, 2.75) is 31.8 Å². The molecule has 0 amide bonds. The minimum atomic E-state index is -3.17. The van der Waals surface area contributed by atoms with Gasteiger partial charge in [-0.3, -0.25) is 14.2 Å². The number of carbonyl (C=O) groups excluding carboxylic acids is 1. The summed E-state index contributed by atoms with van der Waals surface area (Å²) >= 11 is 0. The number of pyridine rings is 1. The molecule has 0 saturated carbocycles. The fourth-order valence-electron chi connectivity index (χ4n) is 3.10. The van der Waals surface area contributed by atoms with Gasteiger partial charge in [-0.05, 0) is 23.6 Å². The van der Waals surface area contributed by atoms with Crippen molar-refractivity contribution in [1.29, 1.82) is 0 Å². The molecular weight excluding hydrogens is 397 g/mol. The number of rotatable bonds is 10. The molecule has 30 heavy (non-hydrogen) atoms. The molecule has 3 rings (SSSR count). The van der Waals surface area contributed by atoms with Gasteiger partial charge in [0.25, 0.3) is 6.43 Å². The summed E-state index contributed by atoms with van der Waals surface area (Å²) in [5.41, 5.74) is 2.93. The lowest BCUT2D eigenvalue weighted by Crippen LogP contribution is -2.22. The van der Waals surface area contributed by atoms with Crippen LogP contribution in [0.1, 0.15) is 29.7 Å². The molecule has 0 unspecified atom stereocenters. The van der Waals surface area contributed by atoms with Gasteiger partial charge in [0.15, 0.2) is 11.7 Å². The lowest BCUT2D eigenvalue weighted by atomic mass is 9.91. The van der Waals surface area contributed by atoms with Crippen LogP contribution in [-0.2, 0) is 17.6 Å². The van der Waals surface area contributed by atoms with E-state index < -0.39 is 37.3 Å². The summed E-state index contributed by atoms with van der Waals surface area (Å²) in [6.07, 6.45) is 0.960. The average molecular weight is 418 g/mol. The van der Waals surface area contributed by atoms with Crippen LogP contribution < -0.4 is 0 Å². The van der Waals surface area contributed by atoms with Crippen molar-refractivity contribution in [3.63, 3.8) is 0 Å². The molecule has 3 aromatic rings. The highest BCUT2D eigenvalue weighted by Crippen LogP contribution is 2.28. The van der Waals surface area contributed by atoms with Gasteiger partial charge in [-0.1, -0.05) is 30.3 Å². The van der Waals surface area contributed by atoms with E-state index in [-0.39, 0.29) is 0 Å². The van der Waals surface area contributed by atoms with Crippen LogP contribution in [0.25, 0.3) is 11.1 Å². The molecule has 0 saturated heterocycles. The second-order valence-corrected chi connectivity index (χ2v) is 6.92. The predicted molar refractivity (Wildman–Crippen MR) is 104 cm³/mol. The van der Waals surface area contributed by atoms with Crippen LogP contribution in [0.2, 0.25) is 0 Å². The number of hydrogen-bond donors (Lipinski definition) is 1. The molecule has 2 heterocycles. The average Bonchev–Trinajstić information content (AvgIpc) is 3.29. The Balaban J connectivity index is 1.63. The number of aliphatic hydroxyl groups excluding tert-OH is 1. The van der Waals surface area contributed by atoms with E-state index in [9.17, 15) is 23.1 Å². The normalized spacial score (nSPS) is 13.4. The fourth-order valence-corrected chi connectivity index (χ4v) is 3.10. The number of aromatic nitrogens is 2. The third-order valence-corrected chi connectivity index (χ3v) is 4.84. The summed E-state index contributed by atoms with van der Waals surface area (Å²) in [6.45, 7) is -1.07. The first-order valence-corrected chi connectivity index (χ1v) is 9.46. The summed E-state index contributed by atoms with van der Waals surface area (Å²) in [6, 6.07) is 10.4. The molecule has 0 fully saturated rings. The first-order valence-electron chi connectivity index (χ1n) is 9.46. The minimum absolute atomic E-state index is 0.360. The molecule has 158 valence electrons. The predicted octanol–water partition coefficient (Wildman–Crippen LogP) is 4.37. The van der Waals surface area contributed by atoms with Gasteiger partial charge in [0.05, 0.1) is 19.0 Å². The number of ketones is 1. The Morgan fingerprint density at radius 2 is 1.77 bits per heavy atom. The van der Waals surface area contributed by atoms with Crippen LogP contribution in [0, 0.1) is 5.92 Å². The maximum absolute atomic E-state index is 13.2. The van der Waals surface area contributed by atoms with Crippen LogP contribution in [0.3, 0.4) is 0 Å². The van der Waals surface area contributed by atoms with Crippen molar-refractivity contribution in [3.8, 4) is 11.1 Å². The van der Waals surface area contributed by atoms with Crippen LogP contribution in [0.4, 0.5) is 13.2 Å². The molecule has 1 N–H and O–H groups in total. The third kappa shape index (κ3) is 5.54. The van der Waals surface area contributed by atoms with Gasteiger partial charge < -0.3 is 9.52 Å². The molecule has 2 atom stereocenters. The molecule has 0 spiro atoms. The maximum atomic E-state index is 13.2. The molecule has 0 aliphatic rings. The van der Waals surface area contributed by atoms with Crippen molar-refractivity contribution in [3.05, 3.63) is 72.2 Å². The van der Waals surface area contributed by atoms with Gasteiger partial charge in [-0.2, -0.15) is 0 Å². The van der Waals surface area contributed by atoms with Crippen LogP contribution in [-0.4, -0.2) is 34.0 Å². The zero-order valence-corrected chi connectivity index (χ0v) is 16.0. The Labute approximate surface area is 171 Å². The smallest absolute Gasteiger partial charge is 0.295 e. The molecule has 1 aromatic carbocycles. The lowest BCUT2D eigenvalue weighted by molar-refractivity contribution is -0.131. The Kier molecular flexibility index (Phi) is 7.35. The number of Topliss-reactive ketones (excluding diaryl/α,β-unsaturated/α-hetero) is 1. The summed E-state index contributed by atoms with van der Waals surface area (Å²) in [5.74, 6) is -1.93. The summed E-state index contributed by atoms with van der Waals surface area (Å²) in [7, 11) is 0. The van der Waals surface area contributed by atoms with Crippen molar-refractivity contribution < 1.29 is 27.5 Å². The summed E-state index contributed by atoms with van der Waals surface area (Å²) < 4.78 is 43.2. The van der Waals surface area contributed by atoms with Crippen molar-refractivity contribution in [2.24, 2.45) is 5.92 Å². The summed E-state index contributed by atoms with van der Waals surface area (Å²) in [5, 5.41) is 10.3. The molecule has 0 bridgehead atoms. The molecule has 8 heteroatoms. The van der Waals surface area contributed by atoms with Crippen LogP contribution in [0.5, 0.6) is 0 Å². The fraction of sp³-hybridized carbons (Fsp3) is 0.318. The molecule has 5 nitrogen and oxygen atoms in total. The minimum Gasteiger partial charge on any atom is -0.449 e. The van der Waals surface area contributed by atoms with E-state index in [1.807, 2.05) is 12.1 Å². The lowest BCUT2D eigenvalue weighted by Gasteiger charge is -2.20. The standard InChI is InChI=1S/C22H21F3N2O3/c23-12-17(11-19(28)22(24)25)21(29)15-3-1-14(2-4-15)16-5-6-18(27-13-16)7-8-20-26-9-10-30-20/h1-6,9-10,13,17,21-22,29H,7-8,11-12H2/t17-,21-/m1/s1. The van der Waals surface area contributed by atoms with E-state index in [1.165, 1.54) is 6.26 Å². The number of carbonyl (C=O) groups is 1. The molecule has 0 aliphatic heterocycles. The van der Waals surface area contributed by atoms with Crippen molar-refractivity contribution >= 4 is 5.78 Å². The highest BCUT2D eigenvalue weighted by atomic mass is 19.3. The number of nitrogens with zero attached hydrogens (tertiary/aromatic N) is 2. The van der Waals surface area contributed by atoms with E-state index in [2.05, 4.69) is 9.97 Å². The van der Waals surface area contributed by atoms with Gasteiger partial charge in [-0.15, -0.1) is 0 Å². The number of oxazole rings is 1. The van der Waals surface area contributed by atoms with E-state index in [0.29, 0.717) is 24.3 Å². The van der Waals surface area contributed by atoms with Gasteiger partial charge in [0.1, 0.15) is 6.26 Å². The second kappa shape index (κ2) is 10.2. The summed E-state index contributed by atoms with van der Waals surface area (Å²) in [4.78, 5) is 19.7. The molecule has 0 radical (unpaired) electrons. The van der Waals surface area contributed by atoms with E-state index >= 15 is 0 Å². The zero-order chi connectivity index (χ0) is 21.5. The molecule has 2 aromatic heterocycles. The molecule has 0 aliphatic carbocycles. The molecular formula is C22H21F3N2O3. The van der Waals surface area contributed by atoms with E-state index in [4.69, 9.17) is 4.42 Å². The van der Waals surface area contributed by atoms with E-state index in [0.717, 1.165) is 16.8 Å². The number of benzene rings is 1. The number of aryl methyl sites for hydroxylation is 2. The van der Waals surface area contributed by atoms with Gasteiger partial charge in [0.2, 0.25) is 0 Å². The maximum Gasteiger partial charge on any atom is 0.295 e. The van der Waals surface area contributed by atoms with Crippen molar-refractivity contribution in [2.75, 3.05) is 6.67 Å². The Morgan fingerprint density at radius 1 is 1.03 bits per heavy atom. The Hall–Kier alpha value is -3.00. The first-order chi connectivity index (χ1) is 14.5. The Bertz CT molecular complexity index is 929. The number of aliphatic hydroxyl groups is 1. The van der Waals surface area contributed by atoms with Gasteiger partial charge >= 0.3 is 0 Å². The Morgan fingerprint density at radius 3 is 2.33 bits per heavy atom. The van der Waals surface area contributed by atoms with Crippen molar-refractivity contribution in [1.82, 2.24) is 9.97 Å². The third-order valence-electron chi connectivity index (χ3n) is 4.84. The zero-order valence-electron chi connectivity index (χ0n) is 16.0. The van der Waals surface area contributed by atoms with Crippen LogP contribution in [0.15, 0.2) is 59.5 Å². The SMILES string of the molecule is O=C(C[C@H](CF)[C@H](O)c1ccc(-c2ccc(CCc3ncco3)nc2)cc1)C(F)F.